The van der Waals surface area contributed by atoms with Gasteiger partial charge >= 0.3 is 11.9 Å². The Bertz CT molecular complexity index is 2130. The molecule has 0 bridgehead atoms. The summed E-state index contributed by atoms with van der Waals surface area (Å²) in [5, 5.41) is 0. The lowest BCUT2D eigenvalue weighted by molar-refractivity contribution is -0.346. The first kappa shape index (κ1) is 47.6. The molecular weight excluding hydrogens is 833 g/mol. The molecule has 2 saturated heterocycles. The Morgan fingerprint density at radius 2 is 0.754 bits per heavy atom. The largest absolute Gasteiger partial charge is 0.456 e. The van der Waals surface area contributed by atoms with Gasteiger partial charge in [-0.25, -0.2) is 0 Å². The van der Waals surface area contributed by atoms with Crippen molar-refractivity contribution in [1.82, 2.24) is 0 Å². The molecule has 0 unspecified atom stereocenters. The summed E-state index contributed by atoms with van der Waals surface area (Å²) in [6.07, 6.45) is -9.50. The molecule has 0 N–H and O–H groups in total. The molecule has 0 amide bonds. The van der Waals surface area contributed by atoms with Gasteiger partial charge in [-0.05, 0) is 27.8 Å². The molecule has 13 heteroatoms. The lowest BCUT2D eigenvalue weighted by Gasteiger charge is -2.47. The van der Waals surface area contributed by atoms with Crippen LogP contribution in [0.5, 0.6) is 0 Å². The highest BCUT2D eigenvalue weighted by Gasteiger charge is 2.53. The van der Waals surface area contributed by atoms with Gasteiger partial charge in [0.2, 0.25) is 0 Å². The molecule has 7 rings (SSSR count). The third-order valence-electron chi connectivity index (χ3n) is 11.0. The summed E-state index contributed by atoms with van der Waals surface area (Å²) in [7, 11) is 1.55. The summed E-state index contributed by atoms with van der Waals surface area (Å²) in [6.45, 7) is 3.47. The highest BCUT2D eigenvalue weighted by atomic mass is 16.8. The van der Waals surface area contributed by atoms with Crippen LogP contribution >= 0.6 is 0 Å². The molecule has 0 aromatic heterocycles. The van der Waals surface area contributed by atoms with Gasteiger partial charge in [-0.3, -0.25) is 9.59 Å². The number of rotatable bonds is 22. The number of hydrogen-bond acceptors (Lipinski definition) is 13. The Hall–Kier alpha value is -5.32. The van der Waals surface area contributed by atoms with E-state index < -0.39 is 73.4 Å². The van der Waals surface area contributed by atoms with Crippen LogP contribution in [0, 0.1) is 0 Å². The normalized spacial score (nSPS) is 25.4. The van der Waals surface area contributed by atoms with Crippen molar-refractivity contribution < 1.29 is 61.7 Å². The number of methoxy groups -OCH3 is 1. The van der Waals surface area contributed by atoms with Gasteiger partial charge in [-0.2, -0.15) is 0 Å². The first-order valence-corrected chi connectivity index (χ1v) is 21.9. The maximum Gasteiger partial charge on any atom is 0.303 e. The third kappa shape index (κ3) is 14.1. The van der Waals surface area contributed by atoms with Crippen molar-refractivity contribution in [2.45, 2.75) is 108 Å². The summed E-state index contributed by atoms with van der Waals surface area (Å²) >= 11 is 0. The standard InChI is InChI=1S/C52H58O13/c1-36(53)62-46-43(34-56-29-38-19-9-4-10-20-38)65-52(50(48(46)63-37(2)54)60-33-42-27-17-8-18-28-42)61-35-44-45(57-30-39-21-11-5-12-22-39)47(58-31-40-23-13-6-14-24-40)49(51(55-3)64-44)59-32-41-25-15-7-16-26-41/h4-28,43-52H,29-35H2,1-3H3/t43-,44-,45-,46+,47+,48+,49-,50-,51+,52+/m1/s1. The fourth-order valence-corrected chi connectivity index (χ4v) is 7.88. The average molecular weight is 891 g/mol. The first-order chi connectivity index (χ1) is 31.8. The Morgan fingerprint density at radius 1 is 0.400 bits per heavy atom. The minimum Gasteiger partial charge on any atom is -0.456 e. The maximum absolute atomic E-state index is 12.8. The number of hydrogen-bond donors (Lipinski definition) is 0. The second kappa shape index (κ2) is 24.8. The molecule has 10 atom stereocenters. The number of carbonyl (C=O) groups is 2. The van der Waals surface area contributed by atoms with E-state index in [0.29, 0.717) is 0 Å². The van der Waals surface area contributed by atoms with Gasteiger partial charge in [0.25, 0.3) is 0 Å². The van der Waals surface area contributed by atoms with Crippen LogP contribution in [0.2, 0.25) is 0 Å². The molecule has 2 aliphatic rings. The van der Waals surface area contributed by atoms with Gasteiger partial charge in [0, 0.05) is 21.0 Å². The molecule has 0 saturated carbocycles. The second-order valence-corrected chi connectivity index (χ2v) is 15.8. The van der Waals surface area contributed by atoms with E-state index in [4.69, 9.17) is 52.1 Å². The quantitative estimate of drug-likeness (QED) is 0.0635. The summed E-state index contributed by atoms with van der Waals surface area (Å²) in [6, 6.07) is 48.6. The van der Waals surface area contributed by atoms with E-state index in [1.807, 2.05) is 152 Å². The lowest BCUT2D eigenvalue weighted by atomic mass is 9.97. The van der Waals surface area contributed by atoms with E-state index in [1.54, 1.807) is 7.11 Å². The van der Waals surface area contributed by atoms with E-state index in [9.17, 15) is 9.59 Å². The van der Waals surface area contributed by atoms with Crippen LogP contribution in [-0.2, 0) is 94.7 Å². The van der Waals surface area contributed by atoms with Gasteiger partial charge in [-0.15, -0.1) is 0 Å². The topological polar surface area (TPSA) is 136 Å². The van der Waals surface area contributed by atoms with Crippen LogP contribution in [0.1, 0.15) is 41.7 Å². The van der Waals surface area contributed by atoms with E-state index in [-0.39, 0.29) is 46.2 Å². The fourth-order valence-electron chi connectivity index (χ4n) is 7.88. The summed E-state index contributed by atoms with van der Waals surface area (Å²) < 4.78 is 70.9. The SMILES string of the molecule is CO[C@H]1O[C@H](CO[C@H]2O[C@H](COCc3ccccc3)[C@H](OC(C)=O)[C@H](OC(C)=O)[C@H]2OCc2ccccc2)[C@@H](OCc2ccccc2)[C@H](OCc2ccccc2)[C@H]1OCc1ccccc1. The predicted octanol–water partition coefficient (Wildman–Crippen LogP) is 7.52. The number of esters is 2. The van der Waals surface area contributed by atoms with Gasteiger partial charge < -0.3 is 52.1 Å². The monoisotopic (exact) mass is 890 g/mol. The van der Waals surface area contributed by atoms with Crippen LogP contribution in [0.4, 0.5) is 0 Å². The minimum absolute atomic E-state index is 0.0415. The second-order valence-electron chi connectivity index (χ2n) is 15.8. The van der Waals surface area contributed by atoms with Gasteiger partial charge in [0.15, 0.2) is 24.8 Å². The fraction of sp³-hybridized carbons (Fsp3) is 0.385. The molecular formula is C52H58O13. The van der Waals surface area contributed by atoms with Crippen LogP contribution in [0.25, 0.3) is 0 Å². The van der Waals surface area contributed by atoms with Crippen molar-refractivity contribution in [2.75, 3.05) is 20.3 Å². The van der Waals surface area contributed by atoms with E-state index in [1.165, 1.54) is 13.8 Å². The van der Waals surface area contributed by atoms with Crippen LogP contribution in [0.3, 0.4) is 0 Å². The molecule has 13 nitrogen and oxygen atoms in total. The van der Waals surface area contributed by atoms with Crippen molar-refractivity contribution in [2.24, 2.45) is 0 Å². The summed E-state index contributed by atoms with van der Waals surface area (Å²) in [4.78, 5) is 25.5. The Labute approximate surface area is 380 Å². The molecule has 344 valence electrons. The average Bonchev–Trinajstić information content (AvgIpc) is 3.33. The molecule has 2 heterocycles. The van der Waals surface area contributed by atoms with Crippen molar-refractivity contribution in [3.63, 3.8) is 0 Å². The smallest absolute Gasteiger partial charge is 0.303 e. The van der Waals surface area contributed by atoms with Crippen molar-refractivity contribution in [1.29, 1.82) is 0 Å². The van der Waals surface area contributed by atoms with Crippen LogP contribution < -0.4 is 0 Å². The molecule has 5 aromatic carbocycles. The number of carbonyl (C=O) groups excluding carboxylic acids is 2. The third-order valence-corrected chi connectivity index (χ3v) is 11.0. The number of benzene rings is 5. The number of ether oxygens (including phenoxy) is 11. The Morgan fingerprint density at radius 3 is 1.18 bits per heavy atom. The molecule has 0 aliphatic carbocycles. The lowest BCUT2D eigenvalue weighted by Crippen LogP contribution is -2.64. The van der Waals surface area contributed by atoms with Crippen LogP contribution in [-0.4, -0.2) is 93.7 Å². The van der Waals surface area contributed by atoms with Crippen molar-refractivity contribution >= 4 is 11.9 Å². The minimum atomic E-state index is -1.20. The van der Waals surface area contributed by atoms with Crippen molar-refractivity contribution in [3.8, 4) is 0 Å². The summed E-state index contributed by atoms with van der Waals surface area (Å²) in [5.41, 5.74) is 4.63. The van der Waals surface area contributed by atoms with Gasteiger partial charge in [-0.1, -0.05) is 152 Å². The molecule has 2 fully saturated rings. The zero-order valence-electron chi connectivity index (χ0n) is 37.0. The maximum atomic E-state index is 12.8. The zero-order chi connectivity index (χ0) is 45.2. The van der Waals surface area contributed by atoms with E-state index in [2.05, 4.69) is 0 Å². The molecule has 5 aromatic rings. The van der Waals surface area contributed by atoms with Crippen LogP contribution in [0.15, 0.2) is 152 Å². The first-order valence-electron chi connectivity index (χ1n) is 21.9. The Kier molecular flexibility index (Phi) is 18.2. The van der Waals surface area contributed by atoms with Gasteiger partial charge in [0.1, 0.15) is 36.6 Å². The molecule has 65 heavy (non-hydrogen) atoms. The predicted molar refractivity (Wildman–Crippen MR) is 238 cm³/mol. The molecule has 0 spiro atoms. The van der Waals surface area contributed by atoms with E-state index in [0.717, 1.165) is 27.8 Å². The van der Waals surface area contributed by atoms with Crippen molar-refractivity contribution in [3.05, 3.63) is 179 Å². The van der Waals surface area contributed by atoms with Gasteiger partial charge in [0.05, 0.1) is 46.2 Å². The zero-order valence-corrected chi connectivity index (χ0v) is 37.0. The highest BCUT2D eigenvalue weighted by molar-refractivity contribution is 5.67. The summed E-state index contributed by atoms with van der Waals surface area (Å²) in [5.74, 6) is -1.21. The highest BCUT2D eigenvalue weighted by Crippen LogP contribution is 2.34. The molecule has 0 radical (unpaired) electrons. The van der Waals surface area contributed by atoms with E-state index >= 15 is 0 Å². The molecule has 2 aliphatic heterocycles. The Balaban J connectivity index is 1.20.